The van der Waals surface area contributed by atoms with Crippen LogP contribution in [0.5, 0.6) is 11.5 Å². The maximum absolute atomic E-state index is 13.4. The Bertz CT molecular complexity index is 759. The van der Waals surface area contributed by atoms with E-state index in [0.717, 1.165) is 6.07 Å². The monoisotopic (exact) mass is 338 g/mol. The number of para-hydroxylation sites is 1. The molecule has 24 heavy (non-hydrogen) atoms. The lowest BCUT2D eigenvalue weighted by Crippen LogP contribution is -2.19. The molecule has 1 N–H and O–H groups in total. The summed E-state index contributed by atoms with van der Waals surface area (Å²) in [4.78, 5) is 11.2. The molecule has 0 atom stereocenters. The molecule has 128 valence electrons. The molecule has 0 unspecified atom stereocenters. The number of benzene rings is 2. The molecule has 0 fully saturated rings. The van der Waals surface area contributed by atoms with E-state index in [9.17, 15) is 18.0 Å². The lowest BCUT2D eigenvalue weighted by Gasteiger charge is -2.24. The van der Waals surface area contributed by atoms with E-state index >= 15 is 0 Å². The first kappa shape index (κ1) is 17.8. The Balaban J connectivity index is 2.49. The van der Waals surface area contributed by atoms with Crippen molar-refractivity contribution in [3.05, 3.63) is 59.2 Å². The molecule has 2 rings (SSSR count). The van der Waals surface area contributed by atoms with Gasteiger partial charge < -0.3 is 9.84 Å². The van der Waals surface area contributed by atoms with E-state index < -0.39 is 23.1 Å². The van der Waals surface area contributed by atoms with Gasteiger partial charge in [-0.2, -0.15) is 13.2 Å². The summed E-state index contributed by atoms with van der Waals surface area (Å²) in [6.45, 7) is 5.08. The smallest absolute Gasteiger partial charge is 0.416 e. The van der Waals surface area contributed by atoms with Gasteiger partial charge in [0.05, 0.1) is 5.56 Å². The van der Waals surface area contributed by atoms with Crippen molar-refractivity contribution in [3.63, 3.8) is 0 Å². The van der Waals surface area contributed by atoms with Gasteiger partial charge in [-0.3, -0.25) is 0 Å². The van der Waals surface area contributed by atoms with Crippen LogP contribution in [0.4, 0.5) is 13.2 Å². The maximum atomic E-state index is 13.4. The third kappa shape index (κ3) is 3.88. The number of carboxylic acids is 1. The summed E-state index contributed by atoms with van der Waals surface area (Å²) in [7, 11) is 0. The fourth-order valence-corrected chi connectivity index (χ4v) is 2.33. The van der Waals surface area contributed by atoms with Crippen LogP contribution in [-0.2, 0) is 11.6 Å². The zero-order valence-corrected chi connectivity index (χ0v) is 13.4. The largest absolute Gasteiger partial charge is 0.478 e. The van der Waals surface area contributed by atoms with Crippen LogP contribution in [0.25, 0.3) is 0 Å². The third-order valence-electron chi connectivity index (χ3n) is 3.45. The molecule has 0 bridgehead atoms. The molecule has 2 aromatic rings. The number of ether oxygens (including phenoxy) is 1. The molecule has 0 saturated carbocycles. The quantitative estimate of drug-likeness (QED) is 0.804. The summed E-state index contributed by atoms with van der Waals surface area (Å²) >= 11 is 0. The van der Waals surface area contributed by atoms with E-state index in [0.29, 0.717) is 0 Å². The van der Waals surface area contributed by atoms with Gasteiger partial charge in [-0.25, -0.2) is 4.79 Å². The summed E-state index contributed by atoms with van der Waals surface area (Å²) in [6, 6.07) is 9.46. The lowest BCUT2D eigenvalue weighted by atomic mass is 9.83. The van der Waals surface area contributed by atoms with E-state index in [1.165, 1.54) is 30.3 Å². The van der Waals surface area contributed by atoms with Crippen LogP contribution in [0.3, 0.4) is 0 Å². The van der Waals surface area contributed by atoms with Gasteiger partial charge in [0, 0.05) is 0 Å². The number of carbonyl (C=O) groups is 1. The maximum Gasteiger partial charge on any atom is 0.416 e. The van der Waals surface area contributed by atoms with Gasteiger partial charge in [0.25, 0.3) is 0 Å². The van der Waals surface area contributed by atoms with Gasteiger partial charge in [-0.15, -0.1) is 0 Å². The number of rotatable bonds is 3. The van der Waals surface area contributed by atoms with Crippen LogP contribution >= 0.6 is 0 Å². The van der Waals surface area contributed by atoms with Crippen LogP contribution in [0.1, 0.15) is 42.3 Å². The fraction of sp³-hybridized carbons (Fsp3) is 0.278. The number of carboxylic acid groups (broad SMARTS) is 1. The Morgan fingerprint density at radius 1 is 1.00 bits per heavy atom. The normalized spacial score (nSPS) is 12.1. The highest BCUT2D eigenvalue weighted by Gasteiger charge is 2.36. The van der Waals surface area contributed by atoms with Crippen LogP contribution in [0.15, 0.2) is 42.5 Å². The van der Waals surface area contributed by atoms with Gasteiger partial charge in [-0.05, 0) is 35.2 Å². The minimum Gasteiger partial charge on any atom is -0.478 e. The average Bonchev–Trinajstić information content (AvgIpc) is 2.45. The standard InChI is InChI=1S/C18H17F3O3/c1-17(2,3)13-9-8-11(10-14(13)18(19,20)21)24-15-7-5-4-6-12(15)16(22)23/h4-10H,1-3H3,(H,22,23). The fourth-order valence-electron chi connectivity index (χ4n) is 2.33. The van der Waals surface area contributed by atoms with Crippen LogP contribution in [-0.4, -0.2) is 11.1 Å². The molecule has 0 radical (unpaired) electrons. The van der Waals surface area contributed by atoms with Gasteiger partial charge in [0.1, 0.15) is 17.1 Å². The van der Waals surface area contributed by atoms with E-state index in [1.54, 1.807) is 26.8 Å². The van der Waals surface area contributed by atoms with Gasteiger partial charge in [0.15, 0.2) is 0 Å². The van der Waals surface area contributed by atoms with E-state index in [1.807, 2.05) is 0 Å². The lowest BCUT2D eigenvalue weighted by molar-refractivity contribution is -0.138. The number of hydrogen-bond acceptors (Lipinski definition) is 2. The van der Waals surface area contributed by atoms with Crippen molar-refractivity contribution in [2.24, 2.45) is 0 Å². The second kappa shape index (κ2) is 6.19. The van der Waals surface area contributed by atoms with Crippen molar-refractivity contribution in [2.45, 2.75) is 32.4 Å². The second-order valence-corrected chi connectivity index (χ2v) is 6.36. The molecule has 0 heterocycles. The van der Waals surface area contributed by atoms with E-state index in [-0.39, 0.29) is 22.6 Å². The first-order valence-electron chi connectivity index (χ1n) is 7.22. The Labute approximate surface area is 137 Å². The molecule has 0 aliphatic heterocycles. The molecular weight excluding hydrogens is 321 g/mol. The zero-order valence-electron chi connectivity index (χ0n) is 13.4. The first-order valence-corrected chi connectivity index (χ1v) is 7.22. The second-order valence-electron chi connectivity index (χ2n) is 6.36. The molecular formula is C18H17F3O3. The van der Waals surface area contributed by atoms with E-state index in [2.05, 4.69) is 0 Å². The Kier molecular flexibility index (Phi) is 4.60. The van der Waals surface area contributed by atoms with Gasteiger partial charge >= 0.3 is 12.1 Å². The van der Waals surface area contributed by atoms with Gasteiger partial charge in [0.2, 0.25) is 0 Å². The summed E-state index contributed by atoms with van der Waals surface area (Å²) < 4.78 is 45.5. The zero-order chi connectivity index (χ0) is 18.1. The molecule has 0 spiro atoms. The molecule has 2 aromatic carbocycles. The van der Waals surface area contributed by atoms with Gasteiger partial charge in [-0.1, -0.05) is 39.0 Å². The molecule has 0 saturated heterocycles. The predicted molar refractivity (Wildman–Crippen MR) is 83.6 cm³/mol. The highest BCUT2D eigenvalue weighted by atomic mass is 19.4. The highest BCUT2D eigenvalue weighted by molar-refractivity contribution is 5.90. The Hall–Kier alpha value is -2.50. The SMILES string of the molecule is CC(C)(C)c1ccc(Oc2ccccc2C(=O)O)cc1C(F)(F)F. The molecule has 0 aliphatic carbocycles. The molecule has 0 aliphatic rings. The summed E-state index contributed by atoms with van der Waals surface area (Å²) in [6.07, 6.45) is -4.53. The van der Waals surface area contributed by atoms with Crippen molar-refractivity contribution in [1.29, 1.82) is 0 Å². The number of aromatic carboxylic acids is 1. The van der Waals surface area contributed by atoms with Crippen LogP contribution in [0.2, 0.25) is 0 Å². The van der Waals surface area contributed by atoms with Crippen LogP contribution < -0.4 is 4.74 Å². The number of hydrogen-bond donors (Lipinski definition) is 1. The minimum absolute atomic E-state index is 0.0124. The molecule has 3 nitrogen and oxygen atoms in total. The van der Waals surface area contributed by atoms with Crippen molar-refractivity contribution in [2.75, 3.05) is 0 Å². The Morgan fingerprint density at radius 2 is 1.62 bits per heavy atom. The highest BCUT2D eigenvalue weighted by Crippen LogP contribution is 2.40. The molecule has 0 amide bonds. The predicted octanol–water partition coefficient (Wildman–Crippen LogP) is 5.49. The Morgan fingerprint density at radius 3 is 2.17 bits per heavy atom. The molecule has 6 heteroatoms. The van der Waals surface area contributed by atoms with Crippen molar-refractivity contribution in [1.82, 2.24) is 0 Å². The van der Waals surface area contributed by atoms with Crippen molar-refractivity contribution in [3.8, 4) is 11.5 Å². The summed E-state index contributed by atoms with van der Waals surface area (Å²) in [5.74, 6) is -1.29. The van der Waals surface area contributed by atoms with Crippen molar-refractivity contribution < 1.29 is 27.8 Å². The number of alkyl halides is 3. The summed E-state index contributed by atoms with van der Waals surface area (Å²) in [5, 5.41) is 9.12. The average molecular weight is 338 g/mol. The van der Waals surface area contributed by atoms with E-state index in [4.69, 9.17) is 9.84 Å². The number of halogens is 3. The topological polar surface area (TPSA) is 46.5 Å². The first-order chi connectivity index (χ1) is 11.0. The molecule has 0 aromatic heterocycles. The summed E-state index contributed by atoms with van der Waals surface area (Å²) in [5.41, 5.74) is -1.46. The minimum atomic E-state index is -4.53. The third-order valence-corrected chi connectivity index (χ3v) is 3.45. The van der Waals surface area contributed by atoms with Crippen LogP contribution in [0, 0.1) is 0 Å². The van der Waals surface area contributed by atoms with Crippen molar-refractivity contribution >= 4 is 5.97 Å².